The normalized spacial score (nSPS) is 17.0. The van der Waals surface area contributed by atoms with Gasteiger partial charge in [0.15, 0.2) is 0 Å². The fourth-order valence-electron chi connectivity index (χ4n) is 3.46. The Bertz CT molecular complexity index is 932. The van der Waals surface area contributed by atoms with Crippen molar-refractivity contribution in [3.63, 3.8) is 0 Å². The number of hydrogen-bond acceptors (Lipinski definition) is 7. The first-order valence-corrected chi connectivity index (χ1v) is 9.64. The molecular formula is C21H23FN4O3. The van der Waals surface area contributed by atoms with Gasteiger partial charge in [0, 0.05) is 37.0 Å². The number of hydrogen-bond donors (Lipinski definition) is 0. The lowest BCUT2D eigenvalue weighted by Crippen LogP contribution is -2.23. The Morgan fingerprint density at radius 1 is 1.21 bits per heavy atom. The van der Waals surface area contributed by atoms with Crippen molar-refractivity contribution in [2.45, 2.75) is 25.4 Å². The van der Waals surface area contributed by atoms with Crippen molar-refractivity contribution in [3.8, 4) is 17.3 Å². The molecule has 0 saturated carbocycles. The first kappa shape index (κ1) is 19.5. The molecule has 2 aromatic heterocycles. The molecule has 0 radical (unpaired) electrons. The van der Waals surface area contributed by atoms with Crippen molar-refractivity contribution in [3.05, 3.63) is 59.9 Å². The second kappa shape index (κ2) is 9.11. The van der Waals surface area contributed by atoms with Crippen LogP contribution in [-0.2, 0) is 11.3 Å². The van der Waals surface area contributed by atoms with Crippen LogP contribution in [0.1, 0.15) is 30.3 Å². The summed E-state index contributed by atoms with van der Waals surface area (Å²) in [5.74, 6) is 1.35. The number of benzene rings is 1. The summed E-state index contributed by atoms with van der Waals surface area (Å²) in [5, 5.41) is 4.11. The van der Waals surface area contributed by atoms with Gasteiger partial charge in [-0.3, -0.25) is 4.90 Å². The maximum absolute atomic E-state index is 14.0. The van der Waals surface area contributed by atoms with Crippen LogP contribution < -0.4 is 4.74 Å². The first-order chi connectivity index (χ1) is 14.2. The highest BCUT2D eigenvalue weighted by atomic mass is 19.1. The van der Waals surface area contributed by atoms with E-state index in [2.05, 4.69) is 20.0 Å². The molecule has 0 amide bonds. The van der Waals surface area contributed by atoms with E-state index in [-0.39, 0.29) is 11.9 Å². The van der Waals surface area contributed by atoms with E-state index in [1.165, 1.54) is 6.07 Å². The van der Waals surface area contributed by atoms with Crippen molar-refractivity contribution in [1.29, 1.82) is 0 Å². The Labute approximate surface area is 168 Å². The third-order valence-electron chi connectivity index (χ3n) is 4.95. The molecule has 1 aromatic carbocycles. The van der Waals surface area contributed by atoms with Crippen LogP contribution in [0.15, 0.2) is 47.1 Å². The van der Waals surface area contributed by atoms with Gasteiger partial charge in [0.2, 0.25) is 17.6 Å². The highest BCUT2D eigenvalue weighted by Crippen LogP contribution is 2.33. The zero-order valence-electron chi connectivity index (χ0n) is 16.3. The van der Waals surface area contributed by atoms with E-state index >= 15 is 0 Å². The Kier molecular flexibility index (Phi) is 6.12. The quantitative estimate of drug-likeness (QED) is 0.537. The number of pyridine rings is 1. The summed E-state index contributed by atoms with van der Waals surface area (Å²) in [6, 6.07) is 10.4. The topological polar surface area (TPSA) is 73.5 Å². The second-order valence-corrected chi connectivity index (χ2v) is 6.90. The number of nitrogens with zero attached hydrogens (tertiary/aromatic N) is 4. The molecule has 0 N–H and O–H groups in total. The van der Waals surface area contributed by atoms with Gasteiger partial charge in [-0.15, -0.1) is 0 Å². The zero-order valence-corrected chi connectivity index (χ0v) is 16.3. The van der Waals surface area contributed by atoms with Gasteiger partial charge in [0.25, 0.3) is 0 Å². The molecule has 0 bridgehead atoms. The van der Waals surface area contributed by atoms with Crippen molar-refractivity contribution < 1.29 is 18.4 Å². The molecule has 0 aliphatic carbocycles. The average Bonchev–Trinajstić information content (AvgIpc) is 3.40. The molecule has 1 aliphatic rings. The van der Waals surface area contributed by atoms with E-state index in [9.17, 15) is 4.39 Å². The Balaban J connectivity index is 1.44. The van der Waals surface area contributed by atoms with E-state index in [4.69, 9.17) is 14.0 Å². The van der Waals surface area contributed by atoms with Gasteiger partial charge in [0.05, 0.1) is 12.6 Å². The maximum atomic E-state index is 14.0. The van der Waals surface area contributed by atoms with Gasteiger partial charge >= 0.3 is 0 Å². The van der Waals surface area contributed by atoms with Crippen LogP contribution in [0.3, 0.4) is 0 Å². The van der Waals surface area contributed by atoms with Crippen LogP contribution in [0, 0.1) is 5.82 Å². The van der Waals surface area contributed by atoms with Gasteiger partial charge < -0.3 is 14.0 Å². The van der Waals surface area contributed by atoms with E-state index in [1.54, 1.807) is 25.4 Å². The minimum Gasteiger partial charge on any atom is -0.475 e. The van der Waals surface area contributed by atoms with Gasteiger partial charge in [0.1, 0.15) is 12.4 Å². The molecule has 7 nitrogen and oxygen atoms in total. The molecule has 1 saturated heterocycles. The summed E-state index contributed by atoms with van der Waals surface area (Å²) in [5.41, 5.74) is 1.42. The molecule has 1 fully saturated rings. The van der Waals surface area contributed by atoms with Crippen molar-refractivity contribution >= 4 is 0 Å². The SMILES string of the molecule is COCCOc1ccc(-c2noc([C@@H]3CCCN3Cc3ccccc3F)n2)cn1. The third-order valence-corrected chi connectivity index (χ3v) is 4.95. The fourth-order valence-corrected chi connectivity index (χ4v) is 3.46. The molecule has 0 spiro atoms. The highest BCUT2D eigenvalue weighted by molar-refractivity contribution is 5.53. The van der Waals surface area contributed by atoms with Crippen LogP contribution in [-0.4, -0.2) is 46.9 Å². The predicted octanol–water partition coefficient (Wildman–Crippen LogP) is 3.63. The molecule has 3 aromatic rings. The standard InChI is InChI=1S/C21H23FN4O3/c1-27-11-12-28-19-9-8-15(13-23-19)20-24-21(29-25-20)18-7-4-10-26(18)14-16-5-2-3-6-17(16)22/h2-3,5-6,8-9,13,18H,4,7,10-12,14H2,1H3/t18-/m0/s1. The first-order valence-electron chi connectivity index (χ1n) is 9.64. The van der Waals surface area contributed by atoms with E-state index < -0.39 is 0 Å². The zero-order chi connectivity index (χ0) is 20.1. The summed E-state index contributed by atoms with van der Waals surface area (Å²) < 4.78 is 30.0. The molecule has 1 atom stereocenters. The average molecular weight is 398 g/mol. The van der Waals surface area contributed by atoms with E-state index in [1.807, 2.05) is 18.2 Å². The van der Waals surface area contributed by atoms with E-state index in [0.29, 0.717) is 42.9 Å². The van der Waals surface area contributed by atoms with Crippen LogP contribution >= 0.6 is 0 Å². The lowest BCUT2D eigenvalue weighted by molar-refractivity contribution is 0.144. The number of aromatic nitrogens is 3. The number of methoxy groups -OCH3 is 1. The molecule has 0 unspecified atom stereocenters. The minimum absolute atomic E-state index is 0.0135. The molecule has 29 heavy (non-hydrogen) atoms. The summed E-state index contributed by atoms with van der Waals surface area (Å²) in [6.45, 7) is 2.33. The van der Waals surface area contributed by atoms with Crippen LogP contribution in [0.2, 0.25) is 0 Å². The Hall–Kier alpha value is -2.84. The minimum atomic E-state index is -0.191. The Morgan fingerprint density at radius 3 is 2.90 bits per heavy atom. The molecular weight excluding hydrogens is 375 g/mol. The molecule has 4 rings (SSSR count). The second-order valence-electron chi connectivity index (χ2n) is 6.90. The predicted molar refractivity (Wildman–Crippen MR) is 104 cm³/mol. The third kappa shape index (κ3) is 4.60. The number of halogens is 1. The largest absolute Gasteiger partial charge is 0.475 e. The van der Waals surface area contributed by atoms with Gasteiger partial charge in [-0.1, -0.05) is 23.4 Å². The summed E-state index contributed by atoms with van der Waals surface area (Å²) in [4.78, 5) is 11.0. The highest BCUT2D eigenvalue weighted by Gasteiger charge is 2.31. The van der Waals surface area contributed by atoms with Gasteiger partial charge in [-0.2, -0.15) is 4.98 Å². The van der Waals surface area contributed by atoms with Crippen LogP contribution in [0.25, 0.3) is 11.4 Å². The lowest BCUT2D eigenvalue weighted by Gasteiger charge is -2.21. The summed E-state index contributed by atoms with van der Waals surface area (Å²) in [6.07, 6.45) is 3.56. The lowest BCUT2D eigenvalue weighted by atomic mass is 10.1. The van der Waals surface area contributed by atoms with Crippen LogP contribution in [0.4, 0.5) is 4.39 Å². The van der Waals surface area contributed by atoms with E-state index in [0.717, 1.165) is 24.9 Å². The van der Waals surface area contributed by atoms with Crippen LogP contribution in [0.5, 0.6) is 5.88 Å². The van der Waals surface area contributed by atoms with Crippen molar-refractivity contribution in [1.82, 2.24) is 20.0 Å². The van der Waals surface area contributed by atoms with Gasteiger partial charge in [-0.05, 0) is 31.5 Å². The summed E-state index contributed by atoms with van der Waals surface area (Å²) in [7, 11) is 1.62. The molecule has 152 valence electrons. The monoisotopic (exact) mass is 398 g/mol. The van der Waals surface area contributed by atoms with Gasteiger partial charge in [-0.25, -0.2) is 9.37 Å². The molecule has 1 aliphatic heterocycles. The van der Waals surface area contributed by atoms with Crippen molar-refractivity contribution in [2.75, 3.05) is 26.9 Å². The number of likely N-dealkylation sites (tertiary alicyclic amines) is 1. The summed E-state index contributed by atoms with van der Waals surface area (Å²) >= 11 is 0. The van der Waals surface area contributed by atoms with Crippen molar-refractivity contribution in [2.24, 2.45) is 0 Å². The molecule has 8 heteroatoms. The maximum Gasteiger partial charge on any atom is 0.244 e. The number of ether oxygens (including phenoxy) is 2. The fraction of sp³-hybridized carbons (Fsp3) is 0.381. The Morgan fingerprint density at radius 2 is 2.10 bits per heavy atom. The smallest absolute Gasteiger partial charge is 0.244 e. The molecule has 3 heterocycles. The number of rotatable bonds is 8.